The summed E-state index contributed by atoms with van der Waals surface area (Å²) in [6, 6.07) is 12.9. The third-order valence-electron chi connectivity index (χ3n) is 6.18. The minimum Gasteiger partial charge on any atom is -0.381 e. The average molecular weight is 483 g/mol. The van der Waals surface area contributed by atoms with Gasteiger partial charge in [0.2, 0.25) is 0 Å². The van der Waals surface area contributed by atoms with Crippen LogP contribution in [0, 0.1) is 12.8 Å². The van der Waals surface area contributed by atoms with Crippen molar-refractivity contribution in [1.29, 1.82) is 0 Å². The molecule has 1 aromatic carbocycles. The zero-order valence-corrected chi connectivity index (χ0v) is 19.4. The molecule has 1 fully saturated rings. The van der Waals surface area contributed by atoms with Gasteiger partial charge in [0.15, 0.2) is 5.78 Å². The van der Waals surface area contributed by atoms with Crippen molar-refractivity contribution in [3.8, 4) is 0 Å². The van der Waals surface area contributed by atoms with E-state index in [1.807, 2.05) is 6.07 Å². The third kappa shape index (κ3) is 3.22. The molecule has 0 amide bonds. The molecular weight excluding hydrogens is 460 g/mol. The Bertz CT molecular complexity index is 1240. The van der Waals surface area contributed by atoms with Crippen molar-refractivity contribution in [2.24, 2.45) is 5.92 Å². The van der Waals surface area contributed by atoms with Crippen LogP contribution < -0.4 is 0 Å². The number of hydrogen-bond donors (Lipinski definition) is 0. The van der Waals surface area contributed by atoms with Crippen molar-refractivity contribution in [2.75, 3.05) is 13.2 Å². The van der Waals surface area contributed by atoms with Gasteiger partial charge in [0.1, 0.15) is 5.52 Å². The SMILES string of the molecule is CC(=O)c1cnc2c3sc(Br)c(C)c3n(C(c3ccccc3)C3CCOCC3)c2c1. The monoisotopic (exact) mass is 482 g/mol. The summed E-state index contributed by atoms with van der Waals surface area (Å²) in [7, 11) is 0. The molecule has 5 rings (SSSR count). The highest BCUT2D eigenvalue weighted by molar-refractivity contribution is 9.11. The van der Waals surface area contributed by atoms with Crippen molar-refractivity contribution in [2.45, 2.75) is 32.7 Å². The fourth-order valence-electron chi connectivity index (χ4n) is 4.66. The molecule has 0 bridgehead atoms. The van der Waals surface area contributed by atoms with Crippen molar-refractivity contribution in [3.63, 3.8) is 0 Å². The first kappa shape index (κ1) is 19.9. The van der Waals surface area contributed by atoms with Crippen LogP contribution in [0.1, 0.15) is 47.3 Å². The van der Waals surface area contributed by atoms with Crippen molar-refractivity contribution in [1.82, 2.24) is 9.55 Å². The van der Waals surface area contributed by atoms with Crippen LogP contribution >= 0.6 is 27.3 Å². The Labute approximate surface area is 188 Å². The summed E-state index contributed by atoms with van der Waals surface area (Å²) in [5.41, 5.74) is 6.41. The highest BCUT2D eigenvalue weighted by Gasteiger charge is 2.31. The molecule has 1 saturated heterocycles. The molecule has 0 spiro atoms. The summed E-state index contributed by atoms with van der Waals surface area (Å²) in [6.07, 6.45) is 3.75. The van der Waals surface area contributed by atoms with E-state index in [1.165, 1.54) is 21.3 Å². The van der Waals surface area contributed by atoms with Crippen LogP contribution in [0.2, 0.25) is 0 Å². The van der Waals surface area contributed by atoms with E-state index in [0.29, 0.717) is 11.5 Å². The molecule has 4 nitrogen and oxygen atoms in total. The second kappa shape index (κ2) is 7.91. The molecular formula is C24H23BrN2O2S. The number of aromatic nitrogens is 2. The Morgan fingerprint density at radius 3 is 2.70 bits per heavy atom. The quantitative estimate of drug-likeness (QED) is 0.310. The normalized spacial score (nSPS) is 16.4. The number of rotatable bonds is 4. The summed E-state index contributed by atoms with van der Waals surface area (Å²) in [5.74, 6) is 0.500. The highest BCUT2D eigenvalue weighted by atomic mass is 79.9. The summed E-state index contributed by atoms with van der Waals surface area (Å²) in [5, 5.41) is 0. The molecule has 0 aliphatic carbocycles. The van der Waals surface area contributed by atoms with Crippen LogP contribution in [0.5, 0.6) is 0 Å². The standard InChI is InChI=1S/C24H23BrN2O2S/c1-14-21-23(30-24(14)25)20-19(12-18(13-26-20)15(2)28)27(21)22(16-6-4-3-5-7-16)17-8-10-29-11-9-17/h3-7,12-13,17,22H,8-11H2,1-2H3. The number of pyridine rings is 1. The van der Waals surface area contributed by atoms with Crippen LogP contribution in [0.3, 0.4) is 0 Å². The number of nitrogens with zero attached hydrogens (tertiary/aromatic N) is 2. The molecule has 1 unspecified atom stereocenters. The maximum Gasteiger partial charge on any atom is 0.161 e. The van der Waals surface area contributed by atoms with Crippen molar-refractivity contribution < 1.29 is 9.53 Å². The summed E-state index contributed by atoms with van der Waals surface area (Å²) in [4.78, 5) is 16.9. The summed E-state index contributed by atoms with van der Waals surface area (Å²) < 4.78 is 10.5. The lowest BCUT2D eigenvalue weighted by Gasteiger charge is -2.33. The minimum absolute atomic E-state index is 0.0423. The summed E-state index contributed by atoms with van der Waals surface area (Å²) >= 11 is 5.48. The second-order valence-corrected chi connectivity index (χ2v) is 10.3. The molecule has 1 atom stereocenters. The lowest BCUT2D eigenvalue weighted by molar-refractivity contribution is 0.0552. The van der Waals surface area contributed by atoms with Crippen LogP contribution in [-0.2, 0) is 4.74 Å². The van der Waals surface area contributed by atoms with Crippen LogP contribution in [0.4, 0.5) is 0 Å². The van der Waals surface area contributed by atoms with Gasteiger partial charge in [0, 0.05) is 25.0 Å². The van der Waals surface area contributed by atoms with E-state index < -0.39 is 0 Å². The lowest BCUT2D eigenvalue weighted by Crippen LogP contribution is -2.27. The number of carbonyl (C=O) groups excluding carboxylic acids is 1. The van der Waals surface area contributed by atoms with Crippen LogP contribution in [-0.4, -0.2) is 28.5 Å². The number of halogens is 1. The number of ether oxygens (including phenoxy) is 1. The highest BCUT2D eigenvalue weighted by Crippen LogP contribution is 2.45. The van der Waals surface area contributed by atoms with Gasteiger partial charge in [-0.3, -0.25) is 9.78 Å². The van der Waals surface area contributed by atoms with Gasteiger partial charge >= 0.3 is 0 Å². The lowest BCUT2D eigenvalue weighted by atomic mass is 9.86. The number of aryl methyl sites for hydroxylation is 1. The zero-order chi connectivity index (χ0) is 20.8. The number of carbonyl (C=O) groups is 1. The van der Waals surface area contributed by atoms with Crippen LogP contribution in [0.25, 0.3) is 21.3 Å². The van der Waals surface area contributed by atoms with Gasteiger partial charge in [-0.2, -0.15) is 0 Å². The van der Waals surface area contributed by atoms with Crippen molar-refractivity contribution in [3.05, 3.63) is 63.1 Å². The molecule has 4 aromatic rings. The predicted molar refractivity (Wildman–Crippen MR) is 126 cm³/mol. The van der Waals surface area contributed by atoms with E-state index >= 15 is 0 Å². The smallest absolute Gasteiger partial charge is 0.161 e. The molecule has 30 heavy (non-hydrogen) atoms. The van der Waals surface area contributed by atoms with Gasteiger partial charge in [-0.15, -0.1) is 11.3 Å². The molecule has 154 valence electrons. The fraction of sp³-hybridized carbons (Fsp3) is 0.333. The Hall–Kier alpha value is -2.02. The second-order valence-electron chi connectivity index (χ2n) is 8.00. The van der Waals surface area contributed by atoms with E-state index in [0.717, 1.165) is 40.9 Å². The number of hydrogen-bond acceptors (Lipinski definition) is 4. The third-order valence-corrected chi connectivity index (χ3v) is 8.33. The maximum atomic E-state index is 12.1. The van der Waals surface area contributed by atoms with E-state index in [4.69, 9.17) is 9.72 Å². The minimum atomic E-state index is 0.0423. The molecule has 1 aliphatic rings. The predicted octanol–water partition coefficient (Wildman–Crippen LogP) is 6.54. The zero-order valence-electron chi connectivity index (χ0n) is 17.0. The van der Waals surface area contributed by atoms with Crippen molar-refractivity contribution >= 4 is 54.3 Å². The number of Topliss-reactive ketones (excluding diaryl/α,β-unsaturated/α-hetero) is 1. The Balaban J connectivity index is 1.86. The Morgan fingerprint density at radius 1 is 1.27 bits per heavy atom. The molecule has 4 heterocycles. The largest absolute Gasteiger partial charge is 0.381 e. The van der Waals surface area contributed by atoms with Gasteiger partial charge in [-0.1, -0.05) is 30.3 Å². The topological polar surface area (TPSA) is 44.1 Å². The van der Waals surface area contributed by atoms with Gasteiger partial charge in [-0.05, 0) is 65.7 Å². The first-order valence-corrected chi connectivity index (χ1v) is 11.9. The molecule has 3 aromatic heterocycles. The molecule has 1 aliphatic heterocycles. The summed E-state index contributed by atoms with van der Waals surface area (Å²) in [6.45, 7) is 5.35. The number of thiophene rings is 1. The van der Waals surface area contributed by atoms with Gasteiger partial charge < -0.3 is 9.30 Å². The molecule has 0 radical (unpaired) electrons. The number of ketones is 1. The first-order valence-electron chi connectivity index (χ1n) is 10.3. The Kier molecular flexibility index (Phi) is 5.25. The molecule has 0 N–H and O–H groups in total. The Morgan fingerprint density at radius 2 is 2.00 bits per heavy atom. The average Bonchev–Trinajstić information content (AvgIpc) is 3.23. The first-order chi connectivity index (χ1) is 14.6. The number of benzene rings is 1. The van der Waals surface area contributed by atoms with E-state index in [-0.39, 0.29) is 11.8 Å². The maximum absolute atomic E-state index is 12.1. The molecule has 0 saturated carbocycles. The van der Waals surface area contributed by atoms with E-state index in [9.17, 15) is 4.79 Å². The van der Waals surface area contributed by atoms with E-state index in [2.05, 4.69) is 57.8 Å². The van der Waals surface area contributed by atoms with Gasteiger partial charge in [0.05, 0.1) is 25.6 Å². The fourth-order valence-corrected chi connectivity index (χ4v) is 6.36. The van der Waals surface area contributed by atoms with Gasteiger partial charge in [-0.25, -0.2) is 0 Å². The van der Waals surface area contributed by atoms with Crippen LogP contribution in [0.15, 0.2) is 46.4 Å². The van der Waals surface area contributed by atoms with Gasteiger partial charge in [0.25, 0.3) is 0 Å². The number of fused-ring (bicyclic) bond motifs is 3. The van der Waals surface area contributed by atoms with E-state index in [1.54, 1.807) is 24.5 Å². The molecule has 6 heteroatoms.